The van der Waals surface area contributed by atoms with Crippen LogP contribution in [-0.2, 0) is 4.74 Å². The molecule has 7 heteroatoms. The molecule has 1 aliphatic rings. The van der Waals surface area contributed by atoms with Crippen LogP contribution >= 0.6 is 15.9 Å². The van der Waals surface area contributed by atoms with Crippen molar-refractivity contribution in [1.29, 1.82) is 0 Å². The van der Waals surface area contributed by atoms with Gasteiger partial charge in [0, 0.05) is 35.9 Å². The van der Waals surface area contributed by atoms with E-state index in [9.17, 15) is 9.90 Å². The first-order valence-electron chi connectivity index (χ1n) is 9.03. The van der Waals surface area contributed by atoms with Gasteiger partial charge in [0.2, 0.25) is 0 Å². The number of hydrogen-bond donors (Lipinski definition) is 2. The number of nitrogens with zero attached hydrogens (tertiary/aromatic N) is 2. The number of rotatable bonds is 6. The zero-order valence-corrected chi connectivity index (χ0v) is 16.9. The minimum atomic E-state index is -0.287. The molecule has 0 bridgehead atoms. The summed E-state index contributed by atoms with van der Waals surface area (Å²) in [7, 11) is 1.65. The first kappa shape index (κ1) is 18.7. The average Bonchev–Trinajstić information content (AvgIpc) is 3.22. The lowest BCUT2D eigenvalue weighted by Gasteiger charge is -2.26. The number of amides is 1. The minimum Gasteiger partial charge on any atom is -0.507 e. The number of aromatic nitrogens is 2. The molecule has 1 aliphatic heterocycles. The van der Waals surface area contributed by atoms with Gasteiger partial charge in [-0.25, -0.2) is 0 Å². The van der Waals surface area contributed by atoms with Crippen molar-refractivity contribution < 1.29 is 14.6 Å². The molecule has 0 spiro atoms. The Morgan fingerprint density at radius 1 is 1.25 bits per heavy atom. The third-order valence-electron chi connectivity index (χ3n) is 4.93. The molecular weight excluding hydrogens is 422 g/mol. The van der Waals surface area contributed by atoms with E-state index in [-0.39, 0.29) is 17.7 Å². The number of benzene rings is 2. The number of H-pyrrole nitrogens is 1. The number of carbonyl (C=O) groups is 1. The number of nitrogens with one attached hydrogen (secondary N) is 1. The van der Waals surface area contributed by atoms with E-state index in [1.54, 1.807) is 19.2 Å². The van der Waals surface area contributed by atoms with Gasteiger partial charge in [-0.1, -0.05) is 40.2 Å². The molecule has 1 amide bonds. The van der Waals surface area contributed by atoms with Gasteiger partial charge in [-0.2, -0.15) is 5.10 Å². The van der Waals surface area contributed by atoms with Gasteiger partial charge in [-0.05, 0) is 36.2 Å². The predicted octanol–water partition coefficient (Wildman–Crippen LogP) is 4.13. The lowest BCUT2D eigenvalue weighted by Crippen LogP contribution is -2.31. The summed E-state index contributed by atoms with van der Waals surface area (Å²) in [6.07, 6.45) is 0.733. The second-order valence-corrected chi connectivity index (χ2v) is 7.60. The Labute approximate surface area is 171 Å². The molecule has 0 aliphatic carbocycles. The van der Waals surface area contributed by atoms with Crippen molar-refractivity contribution in [2.45, 2.75) is 12.5 Å². The molecule has 0 radical (unpaired) electrons. The molecular formula is C21H20BrN3O3. The number of ether oxygens (including phenoxy) is 1. The Morgan fingerprint density at radius 3 is 2.82 bits per heavy atom. The normalized spacial score (nSPS) is 15.9. The standard InChI is InChI=1S/C21H20BrN3O3/c1-28-11-5-10-25-20(13-6-4-7-14(22)12-13)17-18(23-24-19(17)21(25)27)15-8-2-3-9-16(15)26/h2-4,6-9,12,20,26H,5,10-11H2,1H3,(H,23,24)/t20-/m0/s1. The van der Waals surface area contributed by atoms with Gasteiger partial charge in [0.25, 0.3) is 5.91 Å². The Hall–Kier alpha value is -2.64. The molecule has 6 nitrogen and oxygen atoms in total. The third-order valence-corrected chi connectivity index (χ3v) is 5.43. The largest absolute Gasteiger partial charge is 0.507 e. The SMILES string of the molecule is COCCCN1C(=O)c2[nH]nc(-c3ccccc3O)c2[C@@H]1c1cccc(Br)c1. The molecule has 0 unspecified atom stereocenters. The second kappa shape index (κ2) is 7.77. The summed E-state index contributed by atoms with van der Waals surface area (Å²) in [6, 6.07) is 14.7. The fourth-order valence-corrected chi connectivity index (χ4v) is 4.13. The maximum Gasteiger partial charge on any atom is 0.273 e. The maximum atomic E-state index is 13.1. The zero-order valence-electron chi connectivity index (χ0n) is 15.4. The van der Waals surface area contributed by atoms with Crippen LogP contribution in [-0.4, -0.2) is 46.4 Å². The van der Waals surface area contributed by atoms with E-state index in [4.69, 9.17) is 4.74 Å². The number of aromatic hydroxyl groups is 1. The second-order valence-electron chi connectivity index (χ2n) is 6.68. The van der Waals surface area contributed by atoms with Crippen LogP contribution in [0.5, 0.6) is 5.75 Å². The van der Waals surface area contributed by atoms with Crippen LogP contribution in [0.3, 0.4) is 0 Å². The van der Waals surface area contributed by atoms with Gasteiger partial charge in [0.15, 0.2) is 0 Å². The van der Waals surface area contributed by atoms with Gasteiger partial charge in [0.1, 0.15) is 17.1 Å². The molecule has 3 aromatic rings. The summed E-state index contributed by atoms with van der Waals surface area (Å²) in [5.41, 5.74) is 3.45. The Balaban J connectivity index is 1.85. The van der Waals surface area contributed by atoms with Crippen molar-refractivity contribution in [3.63, 3.8) is 0 Å². The number of methoxy groups -OCH3 is 1. The van der Waals surface area contributed by atoms with Gasteiger partial charge in [0.05, 0.1) is 6.04 Å². The quantitative estimate of drug-likeness (QED) is 0.563. The van der Waals surface area contributed by atoms with Gasteiger partial charge in [-0.3, -0.25) is 9.89 Å². The molecule has 1 aromatic heterocycles. The van der Waals surface area contributed by atoms with Crippen LogP contribution in [0.2, 0.25) is 0 Å². The molecule has 0 saturated carbocycles. The lowest BCUT2D eigenvalue weighted by atomic mass is 9.95. The van der Waals surface area contributed by atoms with Crippen molar-refractivity contribution in [1.82, 2.24) is 15.1 Å². The average molecular weight is 442 g/mol. The number of phenols is 1. The summed E-state index contributed by atoms with van der Waals surface area (Å²) in [6.45, 7) is 1.14. The molecule has 2 aromatic carbocycles. The summed E-state index contributed by atoms with van der Waals surface area (Å²) in [4.78, 5) is 15.0. The number of aromatic amines is 1. The fourth-order valence-electron chi connectivity index (χ4n) is 3.71. The summed E-state index contributed by atoms with van der Waals surface area (Å²) >= 11 is 3.53. The number of fused-ring (bicyclic) bond motifs is 1. The van der Waals surface area contributed by atoms with Crippen molar-refractivity contribution in [3.05, 3.63) is 69.8 Å². The van der Waals surface area contributed by atoms with Crippen molar-refractivity contribution >= 4 is 21.8 Å². The van der Waals surface area contributed by atoms with Crippen LogP contribution in [0.4, 0.5) is 0 Å². The molecule has 0 saturated heterocycles. The predicted molar refractivity (Wildman–Crippen MR) is 109 cm³/mol. The zero-order chi connectivity index (χ0) is 19.7. The van der Waals surface area contributed by atoms with Gasteiger partial charge < -0.3 is 14.7 Å². The number of para-hydroxylation sites is 1. The Morgan fingerprint density at radius 2 is 2.07 bits per heavy atom. The van der Waals surface area contributed by atoms with Crippen molar-refractivity contribution in [2.24, 2.45) is 0 Å². The van der Waals surface area contributed by atoms with Crippen molar-refractivity contribution in [2.75, 3.05) is 20.3 Å². The Bertz CT molecular complexity index is 1020. The van der Waals surface area contributed by atoms with E-state index in [2.05, 4.69) is 26.1 Å². The highest BCUT2D eigenvalue weighted by molar-refractivity contribution is 9.10. The van der Waals surface area contributed by atoms with E-state index >= 15 is 0 Å². The first-order valence-corrected chi connectivity index (χ1v) is 9.83. The summed E-state index contributed by atoms with van der Waals surface area (Å²) in [5, 5.41) is 17.6. The molecule has 28 heavy (non-hydrogen) atoms. The molecule has 2 N–H and O–H groups in total. The Kier molecular flexibility index (Phi) is 5.19. The molecule has 144 valence electrons. The third kappa shape index (κ3) is 3.21. The highest BCUT2D eigenvalue weighted by Gasteiger charge is 2.42. The van der Waals surface area contributed by atoms with E-state index < -0.39 is 0 Å². The number of hydrogen-bond acceptors (Lipinski definition) is 4. The lowest BCUT2D eigenvalue weighted by molar-refractivity contribution is 0.0723. The van der Waals surface area contributed by atoms with Gasteiger partial charge >= 0.3 is 0 Å². The first-order chi connectivity index (χ1) is 13.6. The monoisotopic (exact) mass is 441 g/mol. The number of halogens is 1. The maximum absolute atomic E-state index is 13.1. The molecule has 2 heterocycles. The van der Waals surface area contributed by atoms with E-state index in [1.807, 2.05) is 41.3 Å². The fraction of sp³-hybridized carbons (Fsp3) is 0.238. The van der Waals surface area contributed by atoms with Crippen LogP contribution in [0.25, 0.3) is 11.3 Å². The summed E-state index contributed by atoms with van der Waals surface area (Å²) < 4.78 is 6.11. The van der Waals surface area contributed by atoms with Crippen LogP contribution in [0, 0.1) is 0 Å². The topological polar surface area (TPSA) is 78.5 Å². The highest BCUT2D eigenvalue weighted by Crippen LogP contribution is 2.44. The molecule has 0 fully saturated rings. The van der Waals surface area contributed by atoms with Crippen LogP contribution < -0.4 is 0 Å². The minimum absolute atomic E-state index is 0.0924. The van der Waals surface area contributed by atoms with Crippen LogP contribution in [0.15, 0.2) is 53.0 Å². The molecule has 1 atom stereocenters. The highest BCUT2D eigenvalue weighted by atomic mass is 79.9. The van der Waals surface area contributed by atoms with E-state index in [1.165, 1.54) is 0 Å². The summed E-state index contributed by atoms with van der Waals surface area (Å²) in [5.74, 6) is 0.0420. The molecule has 4 rings (SSSR count). The number of carbonyl (C=O) groups excluding carboxylic acids is 1. The van der Waals surface area contributed by atoms with Crippen molar-refractivity contribution in [3.8, 4) is 17.0 Å². The smallest absolute Gasteiger partial charge is 0.273 e. The van der Waals surface area contributed by atoms with E-state index in [0.29, 0.717) is 30.1 Å². The van der Waals surface area contributed by atoms with E-state index in [0.717, 1.165) is 22.0 Å². The van der Waals surface area contributed by atoms with Crippen LogP contribution in [0.1, 0.15) is 34.1 Å². The van der Waals surface area contributed by atoms with Gasteiger partial charge in [-0.15, -0.1) is 0 Å². The number of phenolic OH excluding ortho intramolecular Hbond substituents is 1.